The maximum absolute atomic E-state index is 12.5. The molecule has 2 aromatic rings. The lowest BCUT2D eigenvalue weighted by Gasteiger charge is -2.32. The number of carbonyl (C=O) groups is 2. The highest BCUT2D eigenvalue weighted by Gasteiger charge is 2.37. The summed E-state index contributed by atoms with van der Waals surface area (Å²) in [6.45, 7) is 4.18. The van der Waals surface area contributed by atoms with Crippen molar-refractivity contribution in [2.24, 2.45) is 0 Å². The molecule has 0 saturated carbocycles. The lowest BCUT2D eigenvalue weighted by molar-refractivity contribution is -0.131. The number of anilines is 1. The van der Waals surface area contributed by atoms with Crippen molar-refractivity contribution < 1.29 is 14.3 Å². The monoisotopic (exact) mass is 418 g/mol. The van der Waals surface area contributed by atoms with Crippen molar-refractivity contribution in [3.63, 3.8) is 0 Å². The maximum Gasteiger partial charge on any atom is 0.411 e. The van der Waals surface area contributed by atoms with Gasteiger partial charge in [0.05, 0.1) is 11.8 Å². The van der Waals surface area contributed by atoms with Gasteiger partial charge in [-0.3, -0.25) is 10.1 Å². The summed E-state index contributed by atoms with van der Waals surface area (Å²) in [6, 6.07) is 14.8. The van der Waals surface area contributed by atoms with Gasteiger partial charge in [0.25, 0.3) is 0 Å². The molecule has 2 atom stereocenters. The van der Waals surface area contributed by atoms with Gasteiger partial charge in [-0.1, -0.05) is 48.4 Å². The van der Waals surface area contributed by atoms with Gasteiger partial charge in [-0.15, -0.1) is 11.8 Å². The highest BCUT2D eigenvalue weighted by atomic mass is 35.5. The van der Waals surface area contributed by atoms with Crippen LogP contribution in [-0.2, 0) is 9.53 Å². The van der Waals surface area contributed by atoms with Crippen LogP contribution in [0, 0.1) is 6.92 Å². The van der Waals surface area contributed by atoms with Gasteiger partial charge in [0, 0.05) is 10.7 Å². The van der Waals surface area contributed by atoms with Crippen molar-refractivity contribution in [3.8, 4) is 0 Å². The van der Waals surface area contributed by atoms with E-state index in [1.165, 1.54) is 5.56 Å². The second-order valence-electron chi connectivity index (χ2n) is 6.67. The summed E-state index contributed by atoms with van der Waals surface area (Å²) in [5.74, 6) is 0.510. The van der Waals surface area contributed by atoms with E-state index >= 15 is 0 Å². The number of thioether (sulfide) groups is 1. The van der Waals surface area contributed by atoms with Crippen LogP contribution in [0.1, 0.15) is 29.8 Å². The molecule has 0 bridgehead atoms. The zero-order valence-electron chi connectivity index (χ0n) is 15.9. The predicted octanol–water partition coefficient (Wildman–Crippen LogP) is 5.25. The van der Waals surface area contributed by atoms with E-state index in [-0.39, 0.29) is 23.9 Å². The third-order valence-corrected chi connectivity index (χ3v) is 6.11. The summed E-state index contributed by atoms with van der Waals surface area (Å²) in [7, 11) is 0. The minimum absolute atomic E-state index is 0.0547. The number of hydrogen-bond acceptors (Lipinski definition) is 4. The van der Waals surface area contributed by atoms with Gasteiger partial charge in [0.2, 0.25) is 5.91 Å². The first kappa shape index (κ1) is 20.6. The molecule has 1 aliphatic heterocycles. The van der Waals surface area contributed by atoms with Crippen molar-refractivity contribution in [2.45, 2.75) is 31.7 Å². The first-order valence-corrected chi connectivity index (χ1v) is 10.6. The van der Waals surface area contributed by atoms with Crippen LogP contribution in [0.25, 0.3) is 0 Å². The van der Waals surface area contributed by atoms with E-state index in [2.05, 4.69) is 17.4 Å². The van der Waals surface area contributed by atoms with Crippen molar-refractivity contribution in [2.75, 3.05) is 17.7 Å². The number of carbonyl (C=O) groups excluding carboxylic acids is 2. The van der Waals surface area contributed by atoms with Gasteiger partial charge in [-0.2, -0.15) is 0 Å². The second kappa shape index (κ2) is 9.34. The number of halogens is 1. The van der Waals surface area contributed by atoms with E-state index in [0.29, 0.717) is 22.9 Å². The molecule has 1 fully saturated rings. The van der Waals surface area contributed by atoms with E-state index in [1.54, 1.807) is 36.0 Å². The SMILES string of the molecule is CC[C@@H](COC(=O)Nc1ccc(Cl)cc1)N1C(=O)CS[C@@H]1c1ccc(C)cc1. The molecule has 5 nitrogen and oxygen atoms in total. The number of ether oxygens (including phenoxy) is 1. The third kappa shape index (κ3) is 5.00. The minimum Gasteiger partial charge on any atom is -0.447 e. The van der Waals surface area contributed by atoms with Crippen molar-refractivity contribution >= 4 is 41.1 Å². The lowest BCUT2D eigenvalue weighted by atomic mass is 10.1. The Morgan fingerprint density at radius 1 is 1.25 bits per heavy atom. The quantitative estimate of drug-likeness (QED) is 0.696. The topological polar surface area (TPSA) is 58.6 Å². The van der Waals surface area contributed by atoms with E-state index in [4.69, 9.17) is 16.3 Å². The molecule has 2 amide bonds. The van der Waals surface area contributed by atoms with Gasteiger partial charge in [0.15, 0.2) is 0 Å². The average molecular weight is 419 g/mol. The summed E-state index contributed by atoms with van der Waals surface area (Å²) in [5.41, 5.74) is 2.87. The smallest absolute Gasteiger partial charge is 0.411 e. The van der Waals surface area contributed by atoms with E-state index in [0.717, 1.165) is 5.56 Å². The molecular weight excluding hydrogens is 396 g/mol. The fourth-order valence-electron chi connectivity index (χ4n) is 3.07. The number of nitrogens with one attached hydrogen (secondary N) is 1. The van der Waals surface area contributed by atoms with Crippen LogP contribution in [0.2, 0.25) is 5.02 Å². The Morgan fingerprint density at radius 2 is 1.93 bits per heavy atom. The van der Waals surface area contributed by atoms with Crippen LogP contribution in [0.5, 0.6) is 0 Å². The number of benzene rings is 2. The molecule has 7 heteroatoms. The fourth-order valence-corrected chi connectivity index (χ4v) is 4.45. The summed E-state index contributed by atoms with van der Waals surface area (Å²) in [4.78, 5) is 26.5. The summed E-state index contributed by atoms with van der Waals surface area (Å²) in [5, 5.41) is 3.21. The molecule has 2 aromatic carbocycles. The van der Waals surface area contributed by atoms with Gasteiger partial charge in [-0.05, 0) is 43.2 Å². The Hall–Kier alpha value is -2.18. The zero-order chi connectivity index (χ0) is 20.1. The fraction of sp³-hybridized carbons (Fsp3) is 0.333. The Labute approximate surface area is 174 Å². The van der Waals surface area contributed by atoms with Crippen LogP contribution in [0.15, 0.2) is 48.5 Å². The average Bonchev–Trinajstić information content (AvgIpc) is 3.06. The Bertz CT molecular complexity index is 827. The van der Waals surface area contributed by atoms with Crippen molar-refractivity contribution in [1.29, 1.82) is 0 Å². The molecule has 1 heterocycles. The molecule has 0 radical (unpaired) electrons. The molecule has 0 aliphatic carbocycles. The zero-order valence-corrected chi connectivity index (χ0v) is 17.4. The highest BCUT2D eigenvalue weighted by molar-refractivity contribution is 8.00. The minimum atomic E-state index is -0.549. The van der Waals surface area contributed by atoms with Gasteiger partial charge in [0.1, 0.15) is 12.0 Å². The van der Waals surface area contributed by atoms with E-state index in [1.807, 2.05) is 30.9 Å². The normalized spacial score (nSPS) is 17.5. The first-order chi connectivity index (χ1) is 13.5. The van der Waals surface area contributed by atoms with Crippen LogP contribution in [-0.4, -0.2) is 35.3 Å². The second-order valence-corrected chi connectivity index (χ2v) is 8.17. The van der Waals surface area contributed by atoms with E-state index in [9.17, 15) is 9.59 Å². The Balaban J connectivity index is 1.63. The summed E-state index contributed by atoms with van der Waals surface area (Å²) >= 11 is 7.45. The molecule has 0 aromatic heterocycles. The van der Waals surface area contributed by atoms with Crippen LogP contribution in [0.3, 0.4) is 0 Å². The summed E-state index contributed by atoms with van der Waals surface area (Å²) < 4.78 is 5.41. The molecule has 1 saturated heterocycles. The van der Waals surface area contributed by atoms with Gasteiger partial charge >= 0.3 is 6.09 Å². The number of hydrogen-bond donors (Lipinski definition) is 1. The molecule has 0 unspecified atom stereocenters. The summed E-state index contributed by atoms with van der Waals surface area (Å²) in [6.07, 6.45) is 0.148. The molecule has 1 aliphatic rings. The van der Waals surface area contributed by atoms with Crippen LogP contribution < -0.4 is 5.32 Å². The van der Waals surface area contributed by atoms with E-state index < -0.39 is 6.09 Å². The predicted molar refractivity (Wildman–Crippen MR) is 114 cm³/mol. The Morgan fingerprint density at radius 3 is 2.57 bits per heavy atom. The molecule has 0 spiro atoms. The maximum atomic E-state index is 12.5. The van der Waals surface area contributed by atoms with Crippen LogP contribution >= 0.6 is 23.4 Å². The molecular formula is C21H23ClN2O3S. The lowest BCUT2D eigenvalue weighted by Crippen LogP contribution is -2.41. The van der Waals surface area contributed by atoms with Crippen molar-refractivity contribution in [3.05, 3.63) is 64.7 Å². The standard InChI is InChI=1S/C21H23ClN2O3S/c1-3-18(12-27-21(26)23-17-10-8-16(22)9-11-17)24-19(25)13-28-20(24)15-6-4-14(2)5-7-15/h4-11,18,20H,3,12-13H2,1-2H3,(H,23,26)/t18-,20+/m0/s1. The number of aryl methyl sites for hydroxylation is 1. The molecule has 28 heavy (non-hydrogen) atoms. The number of amides is 2. The number of rotatable bonds is 6. The molecule has 148 valence electrons. The van der Waals surface area contributed by atoms with Gasteiger partial charge < -0.3 is 9.64 Å². The third-order valence-electron chi connectivity index (χ3n) is 4.63. The largest absolute Gasteiger partial charge is 0.447 e. The van der Waals surface area contributed by atoms with Crippen LogP contribution in [0.4, 0.5) is 10.5 Å². The van der Waals surface area contributed by atoms with Gasteiger partial charge in [-0.25, -0.2) is 4.79 Å². The highest BCUT2D eigenvalue weighted by Crippen LogP contribution is 2.40. The number of nitrogens with zero attached hydrogens (tertiary/aromatic N) is 1. The van der Waals surface area contributed by atoms with Crippen molar-refractivity contribution in [1.82, 2.24) is 4.90 Å². The Kier molecular flexibility index (Phi) is 6.86. The molecule has 1 N–H and O–H groups in total. The molecule has 3 rings (SSSR count). The first-order valence-electron chi connectivity index (χ1n) is 9.16.